The van der Waals surface area contributed by atoms with Crippen LogP contribution in [-0.4, -0.2) is 43.9 Å². The van der Waals surface area contributed by atoms with Crippen molar-refractivity contribution in [2.45, 2.75) is 11.9 Å². The van der Waals surface area contributed by atoms with E-state index in [1.807, 2.05) is 6.92 Å². The van der Waals surface area contributed by atoms with E-state index >= 15 is 0 Å². The number of rotatable bonds is 4. The lowest BCUT2D eigenvalue weighted by atomic mass is 10.2. The van der Waals surface area contributed by atoms with E-state index in [0.29, 0.717) is 11.4 Å². The van der Waals surface area contributed by atoms with Gasteiger partial charge in [-0.2, -0.15) is 4.52 Å². The molecule has 0 N–H and O–H groups in total. The van der Waals surface area contributed by atoms with E-state index in [1.165, 1.54) is 18.9 Å². The molecule has 0 aliphatic heterocycles. The maximum atomic E-state index is 11.2. The number of aromatic nitrogens is 5. The fourth-order valence-corrected chi connectivity index (χ4v) is 2.18. The second-order valence-electron chi connectivity index (χ2n) is 3.43. The molecule has 0 spiro atoms. The van der Waals surface area contributed by atoms with Gasteiger partial charge in [-0.1, -0.05) is 6.92 Å². The van der Waals surface area contributed by atoms with Gasteiger partial charge in [0, 0.05) is 5.75 Å². The lowest BCUT2D eigenvalue weighted by Gasteiger charge is -2.08. The molecule has 0 bridgehead atoms. The van der Waals surface area contributed by atoms with Gasteiger partial charge < -0.3 is 4.74 Å². The van der Waals surface area contributed by atoms with Gasteiger partial charge in [-0.15, -0.1) is 16.9 Å². The molecule has 2 rings (SSSR count). The first-order valence-electron chi connectivity index (χ1n) is 4.95. The van der Waals surface area contributed by atoms with Crippen LogP contribution in [-0.2, 0) is 9.53 Å². The SMILES string of the molecule is COC(=O)C(C)CSc1cncc2nnnn12. The minimum absolute atomic E-state index is 0.184. The van der Waals surface area contributed by atoms with Crippen LogP contribution in [0.5, 0.6) is 0 Å². The van der Waals surface area contributed by atoms with Crippen LogP contribution >= 0.6 is 11.8 Å². The molecule has 0 saturated carbocycles. The highest BCUT2D eigenvalue weighted by atomic mass is 32.2. The number of esters is 1. The number of nitrogens with zero attached hydrogens (tertiary/aromatic N) is 5. The van der Waals surface area contributed by atoms with Crippen molar-refractivity contribution in [1.82, 2.24) is 25.0 Å². The monoisotopic (exact) mass is 253 g/mol. The topological polar surface area (TPSA) is 82.3 Å². The van der Waals surface area contributed by atoms with Gasteiger partial charge in [-0.05, 0) is 10.4 Å². The predicted octanol–water partition coefficient (Wildman–Crippen LogP) is 0.420. The summed E-state index contributed by atoms with van der Waals surface area (Å²) >= 11 is 1.46. The van der Waals surface area contributed by atoms with Crippen molar-refractivity contribution < 1.29 is 9.53 Å². The maximum absolute atomic E-state index is 11.2. The summed E-state index contributed by atoms with van der Waals surface area (Å²) in [7, 11) is 1.38. The number of hydrogen-bond acceptors (Lipinski definition) is 7. The molecular formula is C9H11N5O2S. The zero-order chi connectivity index (χ0) is 12.3. The summed E-state index contributed by atoms with van der Waals surface area (Å²) in [6, 6.07) is 0. The third-order valence-electron chi connectivity index (χ3n) is 2.16. The van der Waals surface area contributed by atoms with Gasteiger partial charge in [0.15, 0.2) is 5.65 Å². The highest BCUT2D eigenvalue weighted by Gasteiger charge is 2.14. The Balaban J connectivity index is 2.09. The molecule has 90 valence electrons. The molecule has 8 heteroatoms. The highest BCUT2D eigenvalue weighted by molar-refractivity contribution is 7.99. The van der Waals surface area contributed by atoms with Gasteiger partial charge in [0.25, 0.3) is 0 Å². The van der Waals surface area contributed by atoms with E-state index in [9.17, 15) is 4.79 Å². The maximum Gasteiger partial charge on any atom is 0.309 e. The normalized spacial score (nSPS) is 12.6. The average Bonchev–Trinajstić information content (AvgIpc) is 2.83. The quantitative estimate of drug-likeness (QED) is 0.577. The molecule has 1 unspecified atom stereocenters. The van der Waals surface area contributed by atoms with Gasteiger partial charge in [0.05, 0.1) is 25.4 Å². The van der Waals surface area contributed by atoms with Crippen LogP contribution in [0.1, 0.15) is 6.92 Å². The van der Waals surface area contributed by atoms with E-state index in [-0.39, 0.29) is 11.9 Å². The van der Waals surface area contributed by atoms with Crippen molar-refractivity contribution in [3.05, 3.63) is 12.4 Å². The van der Waals surface area contributed by atoms with Crippen molar-refractivity contribution in [3.63, 3.8) is 0 Å². The fourth-order valence-electron chi connectivity index (χ4n) is 1.23. The number of thioether (sulfide) groups is 1. The van der Waals surface area contributed by atoms with Crippen LogP contribution in [0.3, 0.4) is 0 Å². The predicted molar refractivity (Wildman–Crippen MR) is 60.5 cm³/mol. The minimum atomic E-state index is -0.227. The number of tetrazole rings is 1. The van der Waals surface area contributed by atoms with Crippen molar-refractivity contribution >= 4 is 23.4 Å². The van der Waals surface area contributed by atoms with Gasteiger partial charge >= 0.3 is 5.97 Å². The summed E-state index contributed by atoms with van der Waals surface area (Å²) in [6.45, 7) is 1.81. The molecule has 17 heavy (non-hydrogen) atoms. The van der Waals surface area contributed by atoms with E-state index in [2.05, 4.69) is 25.2 Å². The molecule has 0 fully saturated rings. The summed E-state index contributed by atoms with van der Waals surface area (Å²) in [5.74, 6) is 0.180. The molecule has 0 saturated heterocycles. The standard InChI is InChI=1S/C9H11N5O2S/c1-6(9(15)16-2)5-17-8-4-10-3-7-11-12-13-14(7)8/h3-4,6H,5H2,1-2H3. The lowest BCUT2D eigenvalue weighted by molar-refractivity contribution is -0.143. The molecule has 7 nitrogen and oxygen atoms in total. The van der Waals surface area contributed by atoms with Gasteiger partial charge in [0.2, 0.25) is 0 Å². The third-order valence-corrected chi connectivity index (χ3v) is 3.40. The highest BCUT2D eigenvalue weighted by Crippen LogP contribution is 2.20. The molecule has 0 amide bonds. The molecule has 0 aliphatic rings. The van der Waals surface area contributed by atoms with E-state index in [1.54, 1.807) is 16.9 Å². The summed E-state index contributed by atoms with van der Waals surface area (Å²) in [4.78, 5) is 15.3. The van der Waals surface area contributed by atoms with Gasteiger partial charge in [-0.25, -0.2) is 0 Å². The van der Waals surface area contributed by atoms with Gasteiger partial charge in [0.1, 0.15) is 5.03 Å². The number of methoxy groups -OCH3 is 1. The number of fused-ring (bicyclic) bond motifs is 1. The Morgan fingerprint density at radius 1 is 1.59 bits per heavy atom. The molecule has 0 radical (unpaired) electrons. The summed E-state index contributed by atoms with van der Waals surface area (Å²) in [5.41, 5.74) is 0.584. The third kappa shape index (κ3) is 2.52. The Labute approximate surface area is 102 Å². The smallest absolute Gasteiger partial charge is 0.309 e. The van der Waals surface area contributed by atoms with Crippen LogP contribution in [0.15, 0.2) is 17.4 Å². The molecular weight excluding hydrogens is 242 g/mol. The number of carbonyl (C=O) groups excluding carboxylic acids is 1. The van der Waals surface area contributed by atoms with Crippen molar-refractivity contribution in [1.29, 1.82) is 0 Å². The lowest BCUT2D eigenvalue weighted by Crippen LogP contribution is -2.15. The average molecular weight is 253 g/mol. The summed E-state index contributed by atoms with van der Waals surface area (Å²) < 4.78 is 6.24. The Hall–Kier alpha value is -1.70. The van der Waals surface area contributed by atoms with Crippen molar-refractivity contribution in [2.75, 3.05) is 12.9 Å². The van der Waals surface area contributed by atoms with E-state index in [4.69, 9.17) is 0 Å². The Kier molecular flexibility index (Phi) is 3.52. The first-order chi connectivity index (χ1) is 8.22. The van der Waals surface area contributed by atoms with Gasteiger partial charge in [-0.3, -0.25) is 9.78 Å². The van der Waals surface area contributed by atoms with Crippen molar-refractivity contribution in [3.8, 4) is 0 Å². The molecule has 2 heterocycles. The second kappa shape index (κ2) is 5.09. The largest absolute Gasteiger partial charge is 0.469 e. The Morgan fingerprint density at radius 2 is 2.41 bits per heavy atom. The number of carbonyl (C=O) groups is 1. The Bertz CT molecular complexity index is 529. The zero-order valence-electron chi connectivity index (χ0n) is 9.40. The molecule has 2 aromatic rings. The van der Waals surface area contributed by atoms with Crippen LogP contribution in [0.4, 0.5) is 0 Å². The van der Waals surface area contributed by atoms with E-state index in [0.717, 1.165) is 5.03 Å². The van der Waals surface area contributed by atoms with Crippen LogP contribution in [0.2, 0.25) is 0 Å². The Morgan fingerprint density at radius 3 is 3.18 bits per heavy atom. The van der Waals surface area contributed by atoms with Crippen LogP contribution in [0.25, 0.3) is 5.65 Å². The second-order valence-corrected chi connectivity index (χ2v) is 4.47. The number of hydrogen-bond donors (Lipinski definition) is 0. The summed E-state index contributed by atoms with van der Waals surface area (Å²) in [5, 5.41) is 12.0. The molecule has 0 aliphatic carbocycles. The number of ether oxygens (including phenoxy) is 1. The van der Waals surface area contributed by atoms with Crippen molar-refractivity contribution in [2.24, 2.45) is 5.92 Å². The first kappa shape index (κ1) is 11.8. The summed E-state index contributed by atoms with van der Waals surface area (Å²) in [6.07, 6.45) is 3.24. The first-order valence-corrected chi connectivity index (χ1v) is 5.93. The van der Waals surface area contributed by atoms with E-state index < -0.39 is 0 Å². The van der Waals surface area contributed by atoms with Crippen LogP contribution in [0, 0.1) is 5.92 Å². The molecule has 2 aromatic heterocycles. The molecule has 0 aromatic carbocycles. The zero-order valence-corrected chi connectivity index (χ0v) is 10.2. The minimum Gasteiger partial charge on any atom is -0.469 e. The molecule has 1 atom stereocenters. The van der Waals surface area contributed by atoms with Crippen LogP contribution < -0.4 is 0 Å². The fraction of sp³-hybridized carbons (Fsp3) is 0.444.